The molecule has 0 unspecified atom stereocenters. The van der Waals surface area contributed by atoms with Gasteiger partial charge >= 0.3 is 0 Å². The Kier molecular flexibility index (Phi) is 4.75. The largest absolute Gasteiger partial charge is 0.456 e. The molecule has 0 amide bonds. The predicted molar refractivity (Wildman–Crippen MR) is 210 cm³/mol. The molecule has 7 heteroatoms. The Morgan fingerprint density at radius 3 is 1.67 bits per heavy atom. The van der Waals surface area contributed by atoms with E-state index in [1.165, 1.54) is 21.8 Å². The lowest BCUT2D eigenvalue weighted by Crippen LogP contribution is -2.10. The van der Waals surface area contributed by atoms with Crippen LogP contribution in [0, 0.1) is 0 Å². The molecule has 240 valence electrons. The highest BCUT2D eigenvalue weighted by Crippen LogP contribution is 2.48. The molecular formula is C45H24N6O. The molecule has 0 spiro atoms. The summed E-state index contributed by atoms with van der Waals surface area (Å²) in [5, 5.41) is 9.29. The van der Waals surface area contributed by atoms with Gasteiger partial charge in [0.1, 0.15) is 11.2 Å². The van der Waals surface area contributed by atoms with Crippen molar-refractivity contribution in [2.75, 3.05) is 0 Å². The van der Waals surface area contributed by atoms with Crippen molar-refractivity contribution in [1.29, 1.82) is 0 Å². The molecule has 0 aliphatic heterocycles. The van der Waals surface area contributed by atoms with Gasteiger partial charge < -0.3 is 8.82 Å². The average molecular weight is 665 g/mol. The lowest BCUT2D eigenvalue weighted by molar-refractivity contribution is 0.669. The molecule has 0 saturated heterocycles. The minimum Gasteiger partial charge on any atom is -0.456 e. The molecule has 13 rings (SSSR count). The highest BCUT2D eigenvalue weighted by molar-refractivity contribution is 6.37. The van der Waals surface area contributed by atoms with Crippen LogP contribution in [0.3, 0.4) is 0 Å². The number of rotatable bonds is 3. The Hall–Kier alpha value is -7.25. The summed E-state index contributed by atoms with van der Waals surface area (Å²) in [6.45, 7) is 0. The SMILES string of the molecule is c1ccc(-c2nc(-n3c4ccccc4c4ccccc43)nc(-n3c4ccc5oc6ccc7c8ccccc8n8c9cccc3c9c4c5c6c78)n2)cc1. The maximum Gasteiger partial charge on any atom is 0.240 e. The molecule has 7 nitrogen and oxygen atoms in total. The first-order valence-corrected chi connectivity index (χ1v) is 17.5. The number of hydrogen-bond donors (Lipinski definition) is 0. The van der Waals surface area contributed by atoms with Gasteiger partial charge in [0.2, 0.25) is 11.9 Å². The lowest BCUT2D eigenvalue weighted by atomic mass is 10.0. The van der Waals surface area contributed by atoms with Gasteiger partial charge in [-0.1, -0.05) is 91.0 Å². The summed E-state index contributed by atoms with van der Waals surface area (Å²) in [5.41, 5.74) is 10.3. The first-order valence-electron chi connectivity index (χ1n) is 17.5. The van der Waals surface area contributed by atoms with Crippen molar-refractivity contribution in [2.24, 2.45) is 0 Å². The molecule has 0 aliphatic rings. The van der Waals surface area contributed by atoms with Gasteiger partial charge in [-0.25, -0.2) is 0 Å². The number of benzene rings is 7. The minimum absolute atomic E-state index is 0.554. The number of fused-ring (bicyclic) bond motifs is 7. The molecule has 13 aromatic rings. The average Bonchev–Trinajstić information content (AvgIpc) is 3.91. The van der Waals surface area contributed by atoms with Crippen LogP contribution in [0.4, 0.5) is 0 Å². The molecule has 0 aliphatic carbocycles. The van der Waals surface area contributed by atoms with Gasteiger partial charge in [-0.15, -0.1) is 0 Å². The standard InChI is InChI=1S/C45H24N6O/c1-2-11-25(12-3-1)43-46-44(50-31-17-8-4-13-26(31)27-14-5-9-18-32(27)50)48-45(47-43)51-34-20-10-19-33-38(34)39-35(51)22-24-36-40(39)41-37(52-36)23-21-29-28-15-6-7-16-30(28)49(33)42(29)41/h1-24H. The fourth-order valence-corrected chi connectivity index (χ4v) is 8.99. The number of para-hydroxylation sites is 3. The summed E-state index contributed by atoms with van der Waals surface area (Å²) in [4.78, 5) is 15.8. The molecule has 0 atom stereocenters. The van der Waals surface area contributed by atoms with Crippen LogP contribution in [-0.2, 0) is 0 Å². The van der Waals surface area contributed by atoms with Gasteiger partial charge in [-0.2, -0.15) is 15.0 Å². The zero-order chi connectivity index (χ0) is 33.7. The molecular weight excluding hydrogens is 641 g/mol. The van der Waals surface area contributed by atoms with Crippen LogP contribution in [0.1, 0.15) is 0 Å². The summed E-state index contributed by atoms with van der Waals surface area (Å²) in [6, 6.07) is 51.0. The Bertz CT molecular complexity index is 3530. The fourth-order valence-electron chi connectivity index (χ4n) is 8.99. The van der Waals surface area contributed by atoms with Crippen molar-refractivity contribution >= 4 is 92.9 Å². The Morgan fingerprint density at radius 1 is 0.365 bits per heavy atom. The quantitative estimate of drug-likeness (QED) is 0.189. The number of hydrogen-bond acceptors (Lipinski definition) is 4. The van der Waals surface area contributed by atoms with E-state index in [4.69, 9.17) is 19.4 Å². The highest BCUT2D eigenvalue weighted by Gasteiger charge is 2.27. The third-order valence-electron chi connectivity index (χ3n) is 11.0. The van der Waals surface area contributed by atoms with Gasteiger partial charge in [0.25, 0.3) is 0 Å². The molecule has 6 heterocycles. The van der Waals surface area contributed by atoms with Crippen LogP contribution in [0.5, 0.6) is 0 Å². The molecule has 0 radical (unpaired) electrons. The van der Waals surface area contributed by atoms with Crippen molar-refractivity contribution in [3.63, 3.8) is 0 Å². The van der Waals surface area contributed by atoms with Crippen LogP contribution in [0.2, 0.25) is 0 Å². The monoisotopic (exact) mass is 664 g/mol. The van der Waals surface area contributed by atoms with E-state index in [-0.39, 0.29) is 0 Å². The van der Waals surface area contributed by atoms with Gasteiger partial charge in [-0.3, -0.25) is 9.13 Å². The minimum atomic E-state index is 0.554. The topological polar surface area (TPSA) is 66.1 Å². The van der Waals surface area contributed by atoms with E-state index in [2.05, 4.69) is 141 Å². The second-order valence-corrected chi connectivity index (χ2v) is 13.6. The summed E-state index contributed by atoms with van der Waals surface area (Å²) >= 11 is 0. The number of aromatic nitrogens is 6. The summed E-state index contributed by atoms with van der Waals surface area (Å²) < 4.78 is 13.4. The van der Waals surface area contributed by atoms with Crippen LogP contribution in [0.15, 0.2) is 150 Å². The summed E-state index contributed by atoms with van der Waals surface area (Å²) in [5.74, 6) is 1.73. The zero-order valence-electron chi connectivity index (χ0n) is 27.4. The second-order valence-electron chi connectivity index (χ2n) is 13.6. The molecule has 0 fully saturated rings. The van der Waals surface area contributed by atoms with Crippen molar-refractivity contribution < 1.29 is 4.42 Å². The van der Waals surface area contributed by atoms with Crippen molar-refractivity contribution in [3.05, 3.63) is 146 Å². The summed E-state index contributed by atoms with van der Waals surface area (Å²) in [6.07, 6.45) is 0. The highest BCUT2D eigenvalue weighted by atomic mass is 16.3. The molecule has 6 aromatic heterocycles. The van der Waals surface area contributed by atoms with E-state index >= 15 is 0 Å². The zero-order valence-corrected chi connectivity index (χ0v) is 27.4. The third kappa shape index (κ3) is 3.15. The van der Waals surface area contributed by atoms with Gasteiger partial charge in [0.05, 0.1) is 44.0 Å². The maximum atomic E-state index is 6.61. The Labute approximate surface area is 293 Å². The second kappa shape index (κ2) is 9.29. The normalized spacial score (nSPS) is 12.6. The summed E-state index contributed by atoms with van der Waals surface area (Å²) in [7, 11) is 0. The number of nitrogens with zero attached hydrogens (tertiary/aromatic N) is 6. The Morgan fingerprint density at radius 2 is 0.923 bits per heavy atom. The third-order valence-corrected chi connectivity index (χ3v) is 11.0. The van der Waals surface area contributed by atoms with Crippen molar-refractivity contribution in [3.8, 4) is 23.3 Å². The van der Waals surface area contributed by atoms with Crippen LogP contribution >= 0.6 is 0 Å². The number of furan rings is 1. The lowest BCUT2D eigenvalue weighted by Gasteiger charge is -2.12. The van der Waals surface area contributed by atoms with E-state index in [1.54, 1.807) is 0 Å². The van der Waals surface area contributed by atoms with E-state index < -0.39 is 0 Å². The maximum absolute atomic E-state index is 6.61. The smallest absolute Gasteiger partial charge is 0.240 e. The van der Waals surface area contributed by atoms with E-state index in [9.17, 15) is 0 Å². The Balaban J connectivity index is 1.23. The van der Waals surface area contributed by atoms with Crippen molar-refractivity contribution in [2.45, 2.75) is 0 Å². The molecule has 0 N–H and O–H groups in total. The van der Waals surface area contributed by atoms with E-state index in [0.29, 0.717) is 17.7 Å². The van der Waals surface area contributed by atoms with Crippen LogP contribution in [0.25, 0.3) is 116 Å². The molecule has 0 saturated carbocycles. The van der Waals surface area contributed by atoms with Gasteiger partial charge in [0, 0.05) is 43.3 Å². The fraction of sp³-hybridized carbons (Fsp3) is 0. The van der Waals surface area contributed by atoms with Gasteiger partial charge in [0.15, 0.2) is 5.82 Å². The van der Waals surface area contributed by atoms with E-state index in [1.807, 2.05) is 18.2 Å². The van der Waals surface area contributed by atoms with Gasteiger partial charge in [-0.05, 0) is 54.6 Å². The molecule has 0 bridgehead atoms. The first kappa shape index (κ1) is 26.6. The van der Waals surface area contributed by atoms with Crippen LogP contribution in [-0.4, -0.2) is 28.5 Å². The predicted octanol–water partition coefficient (Wildman–Crippen LogP) is 11.1. The van der Waals surface area contributed by atoms with Crippen LogP contribution < -0.4 is 0 Å². The first-order chi connectivity index (χ1) is 25.8. The molecule has 52 heavy (non-hydrogen) atoms. The van der Waals surface area contributed by atoms with Crippen molar-refractivity contribution in [1.82, 2.24) is 28.5 Å². The molecule has 7 aromatic carbocycles. The van der Waals surface area contributed by atoms with E-state index in [0.717, 1.165) is 76.6 Å².